The number of hydrogen-bond acceptors (Lipinski definition) is 4. The molecule has 0 N–H and O–H groups in total. The third-order valence-electron chi connectivity index (χ3n) is 8.13. The van der Waals surface area contributed by atoms with Crippen LogP contribution in [0.15, 0.2) is 94.5 Å². The molecule has 0 radical (unpaired) electrons. The molecule has 3 aromatic rings. The van der Waals surface area contributed by atoms with Crippen molar-refractivity contribution in [3.8, 4) is 0 Å². The summed E-state index contributed by atoms with van der Waals surface area (Å²) in [6.07, 6.45) is 3.35. The SMILES string of the molecule is O=C1[C@@H]2[C@H](C(=O)N1c1ccc(Br)cc1)[C@@]13CCCC[C@@]1([N-][N+](c1ccccc1)=N3)N2c1ccccc1. The van der Waals surface area contributed by atoms with E-state index in [1.54, 1.807) is 4.81 Å². The summed E-state index contributed by atoms with van der Waals surface area (Å²) in [7, 11) is 0. The van der Waals surface area contributed by atoms with Crippen molar-refractivity contribution in [1.82, 2.24) is 0 Å². The minimum Gasteiger partial charge on any atom is -0.347 e. The first-order chi connectivity index (χ1) is 17.6. The number of rotatable bonds is 3. The van der Waals surface area contributed by atoms with Crippen molar-refractivity contribution < 1.29 is 14.4 Å². The molecule has 1 saturated carbocycles. The molecule has 0 bridgehead atoms. The van der Waals surface area contributed by atoms with E-state index in [-0.39, 0.29) is 11.8 Å². The van der Waals surface area contributed by atoms with Gasteiger partial charge in [0.2, 0.25) is 11.6 Å². The maximum atomic E-state index is 14.2. The molecule has 8 heteroatoms. The van der Waals surface area contributed by atoms with Crippen LogP contribution >= 0.6 is 15.9 Å². The minimum absolute atomic E-state index is 0.189. The molecule has 36 heavy (non-hydrogen) atoms. The van der Waals surface area contributed by atoms with Crippen molar-refractivity contribution in [2.24, 2.45) is 11.0 Å². The summed E-state index contributed by atoms with van der Waals surface area (Å²) in [5.41, 5.74) is 5.97. The number of imide groups is 1. The molecule has 7 rings (SSSR count). The Morgan fingerprint density at radius 1 is 0.833 bits per heavy atom. The zero-order chi connectivity index (χ0) is 24.5. The van der Waals surface area contributed by atoms with Crippen molar-refractivity contribution in [1.29, 1.82) is 0 Å². The highest BCUT2D eigenvalue weighted by Gasteiger charge is 2.77. The quantitative estimate of drug-likeness (QED) is 0.304. The van der Waals surface area contributed by atoms with E-state index in [0.717, 1.165) is 35.1 Å². The van der Waals surface area contributed by atoms with E-state index in [4.69, 9.17) is 10.5 Å². The lowest BCUT2D eigenvalue weighted by Gasteiger charge is -2.50. The van der Waals surface area contributed by atoms with E-state index >= 15 is 0 Å². The smallest absolute Gasteiger partial charge is 0.257 e. The second kappa shape index (κ2) is 7.74. The molecule has 0 aromatic heterocycles. The molecule has 3 fully saturated rings. The molecule has 4 aliphatic rings. The van der Waals surface area contributed by atoms with Gasteiger partial charge in [-0.3, -0.25) is 9.59 Å². The number of benzene rings is 3. The van der Waals surface area contributed by atoms with E-state index in [2.05, 4.69) is 20.8 Å². The van der Waals surface area contributed by atoms with Gasteiger partial charge in [0.15, 0.2) is 0 Å². The lowest BCUT2D eigenvalue weighted by molar-refractivity contribution is -0.457. The molecule has 180 valence electrons. The Morgan fingerprint density at radius 2 is 1.50 bits per heavy atom. The lowest BCUT2D eigenvalue weighted by atomic mass is 9.68. The molecule has 0 spiro atoms. The molecule has 1 aliphatic carbocycles. The second-order valence-electron chi connectivity index (χ2n) is 9.89. The average Bonchev–Trinajstić information content (AvgIpc) is 3.48. The van der Waals surface area contributed by atoms with Gasteiger partial charge in [-0.05, 0) is 49.2 Å². The highest BCUT2D eigenvalue weighted by atomic mass is 79.9. The largest absolute Gasteiger partial charge is 0.347 e. The first-order valence-corrected chi connectivity index (χ1v) is 13.1. The van der Waals surface area contributed by atoms with Gasteiger partial charge < -0.3 is 4.90 Å². The highest BCUT2D eigenvalue weighted by molar-refractivity contribution is 9.10. The maximum absolute atomic E-state index is 14.2. The first kappa shape index (κ1) is 21.7. The summed E-state index contributed by atoms with van der Waals surface area (Å²) in [5, 5.41) is 5.23. The number of fused-ring (bicyclic) bond motifs is 1. The summed E-state index contributed by atoms with van der Waals surface area (Å²) in [6, 6.07) is 26.5. The molecule has 4 atom stereocenters. The second-order valence-corrected chi connectivity index (χ2v) is 10.8. The molecular formula is C28H24BrN5O2. The number of carbonyl (C=O) groups excluding carboxylic acids is 2. The molecule has 2 amide bonds. The van der Waals surface area contributed by atoms with Crippen LogP contribution in [0.2, 0.25) is 0 Å². The number of para-hydroxylation sites is 2. The number of hydrogen-bond donors (Lipinski definition) is 0. The Hall–Kier alpha value is -3.52. The van der Waals surface area contributed by atoms with Crippen molar-refractivity contribution in [2.75, 3.05) is 9.80 Å². The Morgan fingerprint density at radius 3 is 2.22 bits per heavy atom. The first-order valence-electron chi connectivity index (χ1n) is 12.3. The van der Waals surface area contributed by atoms with Gasteiger partial charge in [-0.15, -0.1) is 4.81 Å². The number of halogens is 1. The summed E-state index contributed by atoms with van der Waals surface area (Å²) in [6.45, 7) is 0. The maximum Gasteiger partial charge on any atom is 0.257 e. The van der Waals surface area contributed by atoms with Gasteiger partial charge in [-0.25, -0.2) is 10.0 Å². The topological polar surface area (TPSA) is 70.1 Å². The lowest BCUT2D eigenvalue weighted by Crippen LogP contribution is -2.60. The molecule has 0 unspecified atom stereocenters. The fourth-order valence-electron chi connectivity index (χ4n) is 6.74. The van der Waals surface area contributed by atoms with Crippen LogP contribution < -0.4 is 9.80 Å². The number of azo groups is 1. The minimum atomic E-state index is -0.821. The van der Waals surface area contributed by atoms with Crippen molar-refractivity contribution in [3.63, 3.8) is 0 Å². The highest BCUT2D eigenvalue weighted by Crippen LogP contribution is 2.65. The van der Waals surface area contributed by atoms with Crippen molar-refractivity contribution in [2.45, 2.75) is 42.9 Å². The molecule has 3 aliphatic heterocycles. The van der Waals surface area contributed by atoms with Gasteiger partial charge in [0, 0.05) is 22.3 Å². The zero-order valence-corrected chi connectivity index (χ0v) is 21.1. The summed E-state index contributed by atoms with van der Waals surface area (Å²) >= 11 is 3.45. The Balaban J connectivity index is 1.44. The fourth-order valence-corrected chi connectivity index (χ4v) is 7.00. The summed E-state index contributed by atoms with van der Waals surface area (Å²) < 4.78 is 0.893. The number of anilines is 2. The van der Waals surface area contributed by atoms with Crippen LogP contribution in [0.5, 0.6) is 0 Å². The predicted molar refractivity (Wildman–Crippen MR) is 139 cm³/mol. The van der Waals surface area contributed by atoms with Gasteiger partial charge in [-0.1, -0.05) is 65.2 Å². The van der Waals surface area contributed by atoms with E-state index in [1.165, 1.54) is 4.90 Å². The number of carbonyl (C=O) groups is 2. The van der Waals surface area contributed by atoms with Crippen LogP contribution in [-0.4, -0.2) is 33.9 Å². The van der Waals surface area contributed by atoms with Crippen LogP contribution in [0, 0.1) is 5.92 Å². The van der Waals surface area contributed by atoms with Crippen LogP contribution in [0.3, 0.4) is 0 Å². The third kappa shape index (κ3) is 2.73. The van der Waals surface area contributed by atoms with Gasteiger partial charge >= 0.3 is 0 Å². The monoisotopic (exact) mass is 541 g/mol. The van der Waals surface area contributed by atoms with E-state index < -0.39 is 23.2 Å². The third-order valence-corrected chi connectivity index (χ3v) is 8.66. The molecule has 2 saturated heterocycles. The van der Waals surface area contributed by atoms with E-state index in [0.29, 0.717) is 12.1 Å². The zero-order valence-electron chi connectivity index (χ0n) is 19.5. The molecule has 7 nitrogen and oxygen atoms in total. The predicted octanol–water partition coefficient (Wildman–Crippen LogP) is 5.94. The Bertz CT molecular complexity index is 1400. The van der Waals surface area contributed by atoms with Gasteiger partial charge in [0.05, 0.1) is 17.1 Å². The van der Waals surface area contributed by atoms with Crippen LogP contribution in [0.1, 0.15) is 25.7 Å². The Labute approximate surface area is 217 Å². The van der Waals surface area contributed by atoms with E-state index in [9.17, 15) is 9.59 Å². The molecule has 3 heterocycles. The van der Waals surface area contributed by atoms with Crippen molar-refractivity contribution >= 4 is 44.8 Å². The van der Waals surface area contributed by atoms with Gasteiger partial charge in [-0.2, -0.15) is 5.43 Å². The normalized spacial score (nSPS) is 30.5. The molecular weight excluding hydrogens is 518 g/mol. The van der Waals surface area contributed by atoms with E-state index in [1.807, 2.05) is 84.9 Å². The summed E-state index contributed by atoms with van der Waals surface area (Å²) in [5.74, 6) is -1.01. The standard InChI is InChI=1S/C28H24BrN5O2/c29-19-13-15-20(16-14-19)32-25(35)23-24(26(32)36)33(21-9-3-1-4-10-21)28-18-8-7-17-27(23,28)30-34(31-28)22-11-5-2-6-12-22/h1-6,9-16,23-24H,7-8,17-18H2/t23-,24+,27+,28-/m1/s1. The molecule has 3 aromatic carbocycles. The Kier molecular flexibility index (Phi) is 4.67. The number of amides is 2. The average molecular weight is 542 g/mol. The summed E-state index contributed by atoms with van der Waals surface area (Å²) in [4.78, 5) is 33.6. The van der Waals surface area contributed by atoms with Gasteiger partial charge in [0.25, 0.3) is 5.91 Å². The fraction of sp³-hybridized carbons (Fsp3) is 0.286. The van der Waals surface area contributed by atoms with Crippen LogP contribution in [-0.2, 0) is 9.59 Å². The van der Waals surface area contributed by atoms with Crippen LogP contribution in [0.4, 0.5) is 17.1 Å². The number of nitrogens with zero attached hydrogens (tertiary/aromatic N) is 5. The van der Waals surface area contributed by atoms with Crippen molar-refractivity contribution in [3.05, 3.63) is 94.8 Å². The van der Waals surface area contributed by atoms with Gasteiger partial charge in [0.1, 0.15) is 11.7 Å². The van der Waals surface area contributed by atoms with Crippen LogP contribution in [0.25, 0.3) is 5.43 Å².